The molecule has 1 aliphatic rings. The first-order chi connectivity index (χ1) is 9.16. The van der Waals surface area contributed by atoms with Crippen LogP contribution < -0.4 is 5.32 Å². The number of hydrogen-bond donors (Lipinski definition) is 1. The van der Waals surface area contributed by atoms with Crippen molar-refractivity contribution >= 4 is 0 Å². The normalized spacial score (nSPS) is 24.4. The zero-order chi connectivity index (χ0) is 13.7. The molecule has 0 amide bonds. The number of rotatable bonds is 4. The van der Waals surface area contributed by atoms with E-state index in [1.807, 2.05) is 12.3 Å². The van der Waals surface area contributed by atoms with Crippen LogP contribution in [-0.2, 0) is 6.54 Å². The molecule has 106 valence electrons. The molecule has 1 aliphatic carbocycles. The molecule has 2 heteroatoms. The Morgan fingerprint density at radius 1 is 1.26 bits per heavy atom. The highest BCUT2D eigenvalue weighted by Gasteiger charge is 2.20. The quantitative estimate of drug-likeness (QED) is 0.825. The van der Waals surface area contributed by atoms with Crippen molar-refractivity contribution in [2.75, 3.05) is 0 Å². The van der Waals surface area contributed by atoms with Gasteiger partial charge in [0.05, 0.1) is 5.69 Å². The number of nitrogens with one attached hydrogen (secondary N) is 1. The monoisotopic (exact) mass is 260 g/mol. The van der Waals surface area contributed by atoms with E-state index in [1.54, 1.807) is 0 Å². The van der Waals surface area contributed by atoms with E-state index in [0.29, 0.717) is 6.04 Å². The van der Waals surface area contributed by atoms with Gasteiger partial charge in [0.1, 0.15) is 0 Å². The fourth-order valence-electron chi connectivity index (χ4n) is 3.15. The predicted molar refractivity (Wildman–Crippen MR) is 81.0 cm³/mol. The minimum Gasteiger partial charge on any atom is -0.308 e. The van der Waals surface area contributed by atoms with Crippen LogP contribution in [0.2, 0.25) is 0 Å². The molecule has 1 aromatic rings. The molecular weight excluding hydrogens is 232 g/mol. The number of pyridine rings is 1. The van der Waals surface area contributed by atoms with Crippen molar-refractivity contribution in [1.29, 1.82) is 0 Å². The Labute approximate surface area is 118 Å². The third kappa shape index (κ3) is 4.31. The molecule has 2 nitrogen and oxygen atoms in total. The van der Waals surface area contributed by atoms with Gasteiger partial charge in [-0.25, -0.2) is 0 Å². The third-order valence-corrected chi connectivity index (χ3v) is 4.63. The second kappa shape index (κ2) is 7.04. The van der Waals surface area contributed by atoms with E-state index in [-0.39, 0.29) is 0 Å². The van der Waals surface area contributed by atoms with Crippen LogP contribution in [-0.4, -0.2) is 11.0 Å². The summed E-state index contributed by atoms with van der Waals surface area (Å²) in [5, 5.41) is 3.72. The van der Waals surface area contributed by atoms with Gasteiger partial charge in [0.15, 0.2) is 0 Å². The molecule has 1 N–H and O–H groups in total. The fraction of sp³-hybridized carbons (Fsp3) is 0.706. The Morgan fingerprint density at radius 3 is 2.84 bits per heavy atom. The molecule has 2 rings (SSSR count). The molecule has 2 atom stereocenters. The predicted octanol–water partition coefficient (Wildman–Crippen LogP) is 4.08. The molecule has 0 spiro atoms. The summed E-state index contributed by atoms with van der Waals surface area (Å²) in [5.41, 5.74) is 2.50. The zero-order valence-electron chi connectivity index (χ0n) is 12.7. The minimum atomic E-state index is 0.685. The second-order valence-corrected chi connectivity index (χ2v) is 6.36. The van der Waals surface area contributed by atoms with Crippen LogP contribution in [0.3, 0.4) is 0 Å². The Bertz CT molecular complexity index is 387. The van der Waals surface area contributed by atoms with E-state index in [1.165, 1.54) is 43.4 Å². The van der Waals surface area contributed by atoms with Crippen LogP contribution in [0.15, 0.2) is 18.3 Å². The van der Waals surface area contributed by atoms with Crippen LogP contribution >= 0.6 is 0 Å². The molecule has 2 unspecified atom stereocenters. The van der Waals surface area contributed by atoms with Crippen molar-refractivity contribution in [2.45, 2.75) is 65.5 Å². The summed E-state index contributed by atoms with van der Waals surface area (Å²) in [7, 11) is 0. The third-order valence-electron chi connectivity index (χ3n) is 4.63. The summed E-state index contributed by atoms with van der Waals surface area (Å²) in [5.74, 6) is 1.78. The highest BCUT2D eigenvalue weighted by atomic mass is 14.9. The maximum Gasteiger partial charge on any atom is 0.0570 e. The molecule has 1 heterocycles. The molecular formula is C17H28N2. The number of hydrogen-bond acceptors (Lipinski definition) is 2. The van der Waals surface area contributed by atoms with Gasteiger partial charge in [0.2, 0.25) is 0 Å². The number of aromatic nitrogens is 1. The van der Waals surface area contributed by atoms with Crippen molar-refractivity contribution in [3.63, 3.8) is 0 Å². The molecule has 0 aromatic carbocycles. The largest absolute Gasteiger partial charge is 0.308 e. The molecule has 0 saturated heterocycles. The average Bonchev–Trinajstić information content (AvgIpc) is 2.63. The first kappa shape index (κ1) is 14.5. The summed E-state index contributed by atoms with van der Waals surface area (Å²) in [6, 6.07) is 4.84. The summed E-state index contributed by atoms with van der Waals surface area (Å²) < 4.78 is 0. The van der Waals surface area contributed by atoms with Gasteiger partial charge >= 0.3 is 0 Å². The summed E-state index contributed by atoms with van der Waals surface area (Å²) >= 11 is 0. The minimum absolute atomic E-state index is 0.685. The van der Waals surface area contributed by atoms with E-state index in [2.05, 4.69) is 37.1 Å². The van der Waals surface area contributed by atoms with E-state index in [9.17, 15) is 0 Å². The maximum absolute atomic E-state index is 4.47. The van der Waals surface area contributed by atoms with Crippen molar-refractivity contribution in [3.8, 4) is 0 Å². The van der Waals surface area contributed by atoms with Gasteiger partial charge in [0, 0.05) is 18.8 Å². The Morgan fingerprint density at radius 2 is 2.11 bits per heavy atom. The van der Waals surface area contributed by atoms with Crippen LogP contribution in [0.1, 0.15) is 57.2 Å². The topological polar surface area (TPSA) is 24.9 Å². The van der Waals surface area contributed by atoms with Gasteiger partial charge in [-0.3, -0.25) is 4.98 Å². The summed E-state index contributed by atoms with van der Waals surface area (Å²) in [4.78, 5) is 4.47. The first-order valence-corrected chi connectivity index (χ1v) is 7.80. The van der Waals surface area contributed by atoms with Crippen LogP contribution in [0.4, 0.5) is 0 Å². The average molecular weight is 260 g/mol. The van der Waals surface area contributed by atoms with E-state index >= 15 is 0 Å². The molecule has 19 heavy (non-hydrogen) atoms. The Balaban J connectivity index is 1.82. The summed E-state index contributed by atoms with van der Waals surface area (Å²) in [6.45, 7) is 7.81. The highest BCUT2D eigenvalue weighted by molar-refractivity contribution is 5.17. The SMILES string of the molecule is Cc1cccnc1CNC1CCCC(C(C)C)CC1. The van der Waals surface area contributed by atoms with Gasteiger partial charge in [0.25, 0.3) is 0 Å². The lowest BCUT2D eigenvalue weighted by molar-refractivity contribution is 0.337. The molecule has 0 aliphatic heterocycles. The maximum atomic E-state index is 4.47. The van der Waals surface area contributed by atoms with Gasteiger partial charge in [-0.05, 0) is 49.7 Å². The zero-order valence-corrected chi connectivity index (χ0v) is 12.7. The Hall–Kier alpha value is -0.890. The number of aryl methyl sites for hydroxylation is 1. The van der Waals surface area contributed by atoms with Gasteiger partial charge in [-0.1, -0.05) is 32.8 Å². The van der Waals surface area contributed by atoms with Crippen LogP contribution in [0.5, 0.6) is 0 Å². The molecule has 1 saturated carbocycles. The summed E-state index contributed by atoms with van der Waals surface area (Å²) in [6.07, 6.45) is 8.73. The number of nitrogens with zero attached hydrogens (tertiary/aromatic N) is 1. The van der Waals surface area contributed by atoms with Gasteiger partial charge < -0.3 is 5.32 Å². The van der Waals surface area contributed by atoms with Crippen LogP contribution in [0, 0.1) is 18.8 Å². The standard InChI is InChI=1S/C17H28N2/c1-13(2)15-7-4-8-16(10-9-15)19-12-17-14(3)6-5-11-18-17/h5-6,11,13,15-16,19H,4,7-10,12H2,1-3H3. The molecule has 1 fully saturated rings. The lowest BCUT2D eigenvalue weighted by atomic mass is 9.89. The van der Waals surface area contributed by atoms with Crippen molar-refractivity contribution in [2.24, 2.45) is 11.8 Å². The lowest BCUT2D eigenvalue weighted by Crippen LogP contribution is -2.28. The van der Waals surface area contributed by atoms with E-state index in [4.69, 9.17) is 0 Å². The second-order valence-electron chi connectivity index (χ2n) is 6.36. The van der Waals surface area contributed by atoms with E-state index < -0.39 is 0 Å². The van der Waals surface area contributed by atoms with Crippen LogP contribution in [0.25, 0.3) is 0 Å². The fourth-order valence-corrected chi connectivity index (χ4v) is 3.15. The molecule has 0 radical (unpaired) electrons. The van der Waals surface area contributed by atoms with E-state index in [0.717, 1.165) is 18.4 Å². The van der Waals surface area contributed by atoms with Crippen molar-refractivity contribution in [1.82, 2.24) is 10.3 Å². The van der Waals surface area contributed by atoms with Crippen molar-refractivity contribution in [3.05, 3.63) is 29.6 Å². The molecule has 0 bridgehead atoms. The van der Waals surface area contributed by atoms with Gasteiger partial charge in [-0.2, -0.15) is 0 Å². The lowest BCUT2D eigenvalue weighted by Gasteiger charge is -2.19. The smallest absolute Gasteiger partial charge is 0.0570 e. The van der Waals surface area contributed by atoms with Gasteiger partial charge in [-0.15, -0.1) is 0 Å². The highest BCUT2D eigenvalue weighted by Crippen LogP contribution is 2.28. The first-order valence-electron chi connectivity index (χ1n) is 7.80. The molecule has 1 aromatic heterocycles. The van der Waals surface area contributed by atoms with Crippen molar-refractivity contribution < 1.29 is 0 Å². The Kier molecular flexibility index (Phi) is 5.38.